The van der Waals surface area contributed by atoms with E-state index in [0.29, 0.717) is 0 Å². The fourth-order valence-corrected chi connectivity index (χ4v) is 2.71. The zero-order valence-corrected chi connectivity index (χ0v) is 6.21. The summed E-state index contributed by atoms with van der Waals surface area (Å²) in [5.41, 5.74) is 0. The largest absolute Gasteiger partial charge is 0.313 e. The molecule has 2 aliphatic rings. The van der Waals surface area contributed by atoms with Crippen molar-refractivity contribution in [3.05, 3.63) is 11.0 Å². The molecule has 1 nitrogen and oxygen atoms in total. The van der Waals surface area contributed by atoms with Gasteiger partial charge in [-0.25, -0.2) is 0 Å². The highest BCUT2D eigenvalue weighted by Gasteiger charge is 2.22. The molecule has 0 bridgehead atoms. The van der Waals surface area contributed by atoms with E-state index >= 15 is 0 Å². The standard InChI is InChI=1S/C7H11NS/c1-3-8-5-6-2-4-9-7(1)6/h1,6,8H,2-5H2. The first-order valence-electron chi connectivity index (χ1n) is 3.50. The molecule has 0 spiro atoms. The quantitative estimate of drug-likeness (QED) is 0.544. The first-order chi connectivity index (χ1) is 4.47. The Hall–Kier alpha value is 0.0500. The van der Waals surface area contributed by atoms with Crippen molar-refractivity contribution in [2.24, 2.45) is 5.92 Å². The monoisotopic (exact) mass is 141 g/mol. The van der Waals surface area contributed by atoms with Crippen molar-refractivity contribution < 1.29 is 0 Å². The summed E-state index contributed by atoms with van der Waals surface area (Å²) in [6, 6.07) is 0. The maximum Gasteiger partial charge on any atom is 0.0146 e. The van der Waals surface area contributed by atoms with Gasteiger partial charge in [0.05, 0.1) is 0 Å². The van der Waals surface area contributed by atoms with Crippen molar-refractivity contribution in [1.29, 1.82) is 0 Å². The zero-order chi connectivity index (χ0) is 6.10. The molecule has 0 saturated carbocycles. The minimum absolute atomic E-state index is 0.878. The van der Waals surface area contributed by atoms with Crippen LogP contribution in [0.25, 0.3) is 0 Å². The van der Waals surface area contributed by atoms with Crippen molar-refractivity contribution >= 4 is 11.8 Å². The summed E-state index contributed by atoms with van der Waals surface area (Å²) in [6.45, 7) is 2.32. The van der Waals surface area contributed by atoms with Gasteiger partial charge in [-0.1, -0.05) is 6.08 Å². The number of fused-ring (bicyclic) bond motifs is 1. The van der Waals surface area contributed by atoms with Crippen LogP contribution in [0.4, 0.5) is 0 Å². The highest BCUT2D eigenvalue weighted by Crippen LogP contribution is 2.36. The van der Waals surface area contributed by atoms with E-state index < -0.39 is 0 Å². The highest BCUT2D eigenvalue weighted by molar-refractivity contribution is 8.03. The average Bonchev–Trinajstić information content (AvgIpc) is 2.33. The Morgan fingerprint density at radius 2 is 2.67 bits per heavy atom. The van der Waals surface area contributed by atoms with Crippen molar-refractivity contribution in [2.45, 2.75) is 6.42 Å². The molecule has 50 valence electrons. The molecule has 1 N–H and O–H groups in total. The van der Waals surface area contributed by atoms with E-state index in [1.165, 1.54) is 18.7 Å². The third-order valence-electron chi connectivity index (χ3n) is 1.98. The molecular formula is C7H11NS. The van der Waals surface area contributed by atoms with Gasteiger partial charge < -0.3 is 5.32 Å². The van der Waals surface area contributed by atoms with Crippen LogP contribution in [0.15, 0.2) is 11.0 Å². The van der Waals surface area contributed by atoms with Gasteiger partial charge >= 0.3 is 0 Å². The molecule has 9 heavy (non-hydrogen) atoms. The van der Waals surface area contributed by atoms with E-state index in [1.807, 2.05) is 11.8 Å². The molecule has 2 heterocycles. The molecule has 2 heteroatoms. The average molecular weight is 141 g/mol. The van der Waals surface area contributed by atoms with Gasteiger partial charge in [-0.05, 0) is 17.1 Å². The second-order valence-electron chi connectivity index (χ2n) is 2.60. The predicted molar refractivity (Wildman–Crippen MR) is 41.5 cm³/mol. The van der Waals surface area contributed by atoms with Gasteiger partial charge in [-0.3, -0.25) is 0 Å². The Morgan fingerprint density at radius 3 is 3.56 bits per heavy atom. The Morgan fingerprint density at radius 1 is 1.67 bits per heavy atom. The van der Waals surface area contributed by atoms with Gasteiger partial charge in [0, 0.05) is 19.0 Å². The van der Waals surface area contributed by atoms with Crippen molar-refractivity contribution in [1.82, 2.24) is 5.32 Å². The van der Waals surface area contributed by atoms with E-state index in [0.717, 1.165) is 12.5 Å². The normalized spacial score (nSPS) is 33.8. The van der Waals surface area contributed by atoms with Crippen LogP contribution in [0.5, 0.6) is 0 Å². The lowest BCUT2D eigenvalue weighted by Crippen LogP contribution is -2.26. The molecule has 0 amide bonds. The summed E-state index contributed by atoms with van der Waals surface area (Å²) in [5, 5.41) is 3.37. The second-order valence-corrected chi connectivity index (χ2v) is 3.77. The molecule has 0 aliphatic carbocycles. The van der Waals surface area contributed by atoms with E-state index in [1.54, 1.807) is 4.91 Å². The van der Waals surface area contributed by atoms with Gasteiger partial charge in [-0.2, -0.15) is 0 Å². The Bertz CT molecular complexity index is 142. The minimum Gasteiger partial charge on any atom is -0.313 e. The molecule has 0 radical (unpaired) electrons. The van der Waals surface area contributed by atoms with Gasteiger partial charge in [0.1, 0.15) is 0 Å². The first-order valence-corrected chi connectivity index (χ1v) is 4.49. The van der Waals surface area contributed by atoms with E-state index in [-0.39, 0.29) is 0 Å². The third-order valence-corrected chi connectivity index (χ3v) is 3.25. The number of rotatable bonds is 0. The number of nitrogens with one attached hydrogen (secondary N) is 1. The van der Waals surface area contributed by atoms with Crippen LogP contribution >= 0.6 is 11.8 Å². The molecule has 2 aliphatic heterocycles. The van der Waals surface area contributed by atoms with Crippen LogP contribution in [0, 0.1) is 5.92 Å². The molecule has 0 aromatic heterocycles. The number of hydrogen-bond donors (Lipinski definition) is 1. The molecule has 1 saturated heterocycles. The lowest BCUT2D eigenvalue weighted by atomic mass is 10.0. The van der Waals surface area contributed by atoms with E-state index in [9.17, 15) is 0 Å². The summed E-state index contributed by atoms with van der Waals surface area (Å²) in [4.78, 5) is 1.65. The summed E-state index contributed by atoms with van der Waals surface area (Å²) in [5.74, 6) is 2.22. The van der Waals surface area contributed by atoms with E-state index in [2.05, 4.69) is 11.4 Å². The van der Waals surface area contributed by atoms with Crippen molar-refractivity contribution in [3.63, 3.8) is 0 Å². The third kappa shape index (κ3) is 1.01. The van der Waals surface area contributed by atoms with Gasteiger partial charge in [0.25, 0.3) is 0 Å². The SMILES string of the molecule is C1=C2SCCC2CNC1. The van der Waals surface area contributed by atoms with Gasteiger partial charge in [0.2, 0.25) is 0 Å². The fourth-order valence-electron chi connectivity index (χ4n) is 1.44. The highest BCUT2D eigenvalue weighted by atomic mass is 32.2. The van der Waals surface area contributed by atoms with Crippen molar-refractivity contribution in [3.8, 4) is 0 Å². The topological polar surface area (TPSA) is 12.0 Å². The predicted octanol–water partition coefficient (Wildman–Crippen LogP) is 1.23. The summed E-state index contributed by atoms with van der Waals surface area (Å²) < 4.78 is 0. The fraction of sp³-hybridized carbons (Fsp3) is 0.714. The second kappa shape index (κ2) is 2.35. The molecule has 0 aromatic rings. The smallest absolute Gasteiger partial charge is 0.0146 e. The van der Waals surface area contributed by atoms with Crippen LogP contribution in [-0.2, 0) is 0 Å². The van der Waals surface area contributed by atoms with E-state index in [4.69, 9.17) is 0 Å². The Kier molecular flexibility index (Phi) is 1.52. The number of hydrogen-bond acceptors (Lipinski definition) is 2. The van der Waals surface area contributed by atoms with Crippen LogP contribution in [0.1, 0.15) is 6.42 Å². The molecule has 1 fully saturated rings. The van der Waals surface area contributed by atoms with Crippen LogP contribution in [0.2, 0.25) is 0 Å². The minimum atomic E-state index is 0.878. The Balaban J connectivity index is 2.16. The molecule has 2 rings (SSSR count). The number of thioether (sulfide) groups is 1. The first kappa shape index (κ1) is 5.81. The van der Waals surface area contributed by atoms with Crippen LogP contribution in [0.3, 0.4) is 0 Å². The summed E-state index contributed by atoms with van der Waals surface area (Å²) >= 11 is 2.05. The van der Waals surface area contributed by atoms with Gasteiger partial charge in [-0.15, -0.1) is 11.8 Å². The lowest BCUT2D eigenvalue weighted by molar-refractivity contribution is 0.551. The van der Waals surface area contributed by atoms with Gasteiger partial charge in [0.15, 0.2) is 0 Å². The van der Waals surface area contributed by atoms with Crippen LogP contribution in [-0.4, -0.2) is 18.8 Å². The van der Waals surface area contributed by atoms with Crippen molar-refractivity contribution in [2.75, 3.05) is 18.8 Å². The van der Waals surface area contributed by atoms with Crippen LogP contribution < -0.4 is 5.32 Å². The summed E-state index contributed by atoms with van der Waals surface area (Å²) in [6.07, 6.45) is 3.73. The molecular weight excluding hydrogens is 130 g/mol. The molecule has 1 atom stereocenters. The molecule has 1 unspecified atom stereocenters. The zero-order valence-electron chi connectivity index (χ0n) is 5.39. The molecule has 0 aromatic carbocycles. The Labute approximate surface area is 59.9 Å². The lowest BCUT2D eigenvalue weighted by Gasteiger charge is -2.16. The summed E-state index contributed by atoms with van der Waals surface area (Å²) in [7, 11) is 0. The maximum absolute atomic E-state index is 3.37. The maximum atomic E-state index is 3.37.